The minimum absolute atomic E-state index is 0.0762. The molecular formula is C23H25N3O6S. The molecule has 0 aliphatic carbocycles. The lowest BCUT2D eigenvalue weighted by atomic mass is 10.0. The fraction of sp³-hybridized carbons (Fsp3) is 0.304. The van der Waals surface area contributed by atoms with Gasteiger partial charge in [0.25, 0.3) is 0 Å². The van der Waals surface area contributed by atoms with E-state index in [0.717, 1.165) is 17.3 Å². The Labute approximate surface area is 191 Å². The minimum atomic E-state index is -3.35. The quantitative estimate of drug-likeness (QED) is 0.541. The van der Waals surface area contributed by atoms with Gasteiger partial charge < -0.3 is 14.8 Å². The van der Waals surface area contributed by atoms with Crippen LogP contribution >= 0.6 is 0 Å². The van der Waals surface area contributed by atoms with Gasteiger partial charge in [-0.25, -0.2) is 13.2 Å². The first-order valence-corrected chi connectivity index (χ1v) is 12.3. The number of carboxylic acid groups (broad SMARTS) is 2. The topological polar surface area (TPSA) is 120 Å². The number of aromatic carboxylic acids is 1. The van der Waals surface area contributed by atoms with E-state index in [4.69, 9.17) is 0 Å². The number of benzene rings is 2. The number of carbonyl (C=O) groups is 2. The summed E-state index contributed by atoms with van der Waals surface area (Å²) in [5.41, 5.74) is 2.33. The molecule has 0 bridgehead atoms. The normalized spacial score (nSPS) is 16.6. The molecule has 0 radical (unpaired) electrons. The van der Waals surface area contributed by atoms with Crippen LogP contribution in [0.4, 0.5) is 0 Å². The van der Waals surface area contributed by atoms with Gasteiger partial charge in [-0.2, -0.15) is 4.31 Å². The zero-order chi connectivity index (χ0) is 23.8. The summed E-state index contributed by atoms with van der Waals surface area (Å²) >= 11 is 0. The highest BCUT2D eigenvalue weighted by Gasteiger charge is 2.34. The van der Waals surface area contributed by atoms with E-state index in [2.05, 4.69) is 0 Å². The number of carboxylic acids is 2. The van der Waals surface area contributed by atoms with Crippen molar-refractivity contribution >= 4 is 32.9 Å². The summed E-state index contributed by atoms with van der Waals surface area (Å²) in [6.07, 6.45) is 2.91. The highest BCUT2D eigenvalue weighted by molar-refractivity contribution is 7.88. The van der Waals surface area contributed by atoms with Crippen molar-refractivity contribution in [2.24, 2.45) is 0 Å². The van der Waals surface area contributed by atoms with E-state index < -0.39 is 28.0 Å². The van der Waals surface area contributed by atoms with E-state index in [1.807, 2.05) is 34.9 Å². The van der Waals surface area contributed by atoms with Crippen molar-refractivity contribution in [3.05, 3.63) is 71.4 Å². The molecule has 2 heterocycles. The molecule has 1 aliphatic rings. The predicted molar refractivity (Wildman–Crippen MR) is 123 cm³/mol. The van der Waals surface area contributed by atoms with Crippen LogP contribution in [0, 0.1) is 0 Å². The largest absolute Gasteiger partial charge is 0.480 e. The second-order valence-corrected chi connectivity index (χ2v) is 10.2. The molecule has 0 amide bonds. The van der Waals surface area contributed by atoms with E-state index >= 15 is 0 Å². The van der Waals surface area contributed by atoms with E-state index in [9.17, 15) is 28.2 Å². The van der Waals surface area contributed by atoms with Crippen LogP contribution < -0.4 is 0 Å². The molecule has 1 unspecified atom stereocenters. The molecule has 2 N–H and O–H groups in total. The van der Waals surface area contributed by atoms with Gasteiger partial charge >= 0.3 is 11.9 Å². The number of piperazine rings is 1. The molecule has 1 fully saturated rings. The van der Waals surface area contributed by atoms with Crippen LogP contribution in [0.5, 0.6) is 0 Å². The molecule has 10 heteroatoms. The second-order valence-electron chi connectivity index (χ2n) is 8.17. The first-order valence-electron chi connectivity index (χ1n) is 10.5. The van der Waals surface area contributed by atoms with Crippen molar-refractivity contribution in [1.29, 1.82) is 0 Å². The molecule has 33 heavy (non-hydrogen) atoms. The number of aromatic nitrogens is 1. The minimum Gasteiger partial charge on any atom is -0.480 e. The average Bonchev–Trinajstić information content (AvgIpc) is 3.11. The maximum absolute atomic E-state index is 12.4. The number of nitrogens with zero attached hydrogens (tertiary/aromatic N) is 3. The van der Waals surface area contributed by atoms with Gasteiger partial charge in [0, 0.05) is 55.4 Å². The van der Waals surface area contributed by atoms with Crippen LogP contribution in [0.3, 0.4) is 0 Å². The zero-order valence-electron chi connectivity index (χ0n) is 18.1. The molecular weight excluding hydrogens is 446 g/mol. The van der Waals surface area contributed by atoms with Gasteiger partial charge in [-0.05, 0) is 23.8 Å². The van der Waals surface area contributed by atoms with Crippen LogP contribution in [0.25, 0.3) is 10.9 Å². The summed E-state index contributed by atoms with van der Waals surface area (Å²) in [6, 6.07) is 13.4. The molecule has 2 aromatic carbocycles. The fourth-order valence-corrected chi connectivity index (χ4v) is 5.19. The van der Waals surface area contributed by atoms with Crippen molar-refractivity contribution in [2.45, 2.75) is 12.6 Å². The van der Waals surface area contributed by atoms with Crippen molar-refractivity contribution in [3.8, 4) is 0 Å². The molecule has 9 nitrogen and oxygen atoms in total. The van der Waals surface area contributed by atoms with Gasteiger partial charge in [0.15, 0.2) is 0 Å². The SMILES string of the molecule is CS(=O)(=O)N1CCN(C(C(=O)O)c2cn(Cc3ccccc3)c3ccc(C(=O)O)cc23)CC1. The Balaban J connectivity index is 1.77. The fourth-order valence-electron chi connectivity index (χ4n) is 4.37. The molecule has 4 rings (SSSR count). The monoisotopic (exact) mass is 471 g/mol. The first-order chi connectivity index (χ1) is 15.6. The van der Waals surface area contributed by atoms with Crippen LogP contribution in [-0.2, 0) is 21.4 Å². The summed E-state index contributed by atoms with van der Waals surface area (Å²) < 4.78 is 27.0. The summed E-state index contributed by atoms with van der Waals surface area (Å²) in [4.78, 5) is 25.7. The molecule has 1 aromatic heterocycles. The van der Waals surface area contributed by atoms with Gasteiger partial charge in [0.05, 0.1) is 11.8 Å². The highest BCUT2D eigenvalue weighted by Crippen LogP contribution is 2.33. The van der Waals surface area contributed by atoms with E-state index in [1.54, 1.807) is 17.2 Å². The van der Waals surface area contributed by atoms with E-state index in [1.165, 1.54) is 16.4 Å². The van der Waals surface area contributed by atoms with E-state index in [-0.39, 0.29) is 31.7 Å². The Morgan fingerprint density at radius 1 is 1.00 bits per heavy atom. The third-order valence-corrected chi connectivity index (χ3v) is 7.29. The number of sulfonamides is 1. The Morgan fingerprint density at radius 3 is 2.24 bits per heavy atom. The summed E-state index contributed by atoms with van der Waals surface area (Å²) in [5, 5.41) is 20.2. The Morgan fingerprint density at radius 2 is 1.67 bits per heavy atom. The number of hydrogen-bond acceptors (Lipinski definition) is 5. The first kappa shape index (κ1) is 23.0. The number of hydrogen-bond donors (Lipinski definition) is 2. The molecule has 0 spiro atoms. The Bertz CT molecular complexity index is 1290. The predicted octanol–water partition coefficient (Wildman–Crippen LogP) is 2.09. The molecule has 1 aliphatic heterocycles. The van der Waals surface area contributed by atoms with Crippen molar-refractivity contribution in [3.63, 3.8) is 0 Å². The summed E-state index contributed by atoms with van der Waals surface area (Å²) in [6.45, 7) is 1.41. The number of aliphatic carboxylic acids is 1. The zero-order valence-corrected chi connectivity index (χ0v) is 18.9. The van der Waals surface area contributed by atoms with Crippen molar-refractivity contribution in [2.75, 3.05) is 32.4 Å². The lowest BCUT2D eigenvalue weighted by Crippen LogP contribution is -2.50. The van der Waals surface area contributed by atoms with Gasteiger partial charge in [-0.3, -0.25) is 9.69 Å². The van der Waals surface area contributed by atoms with E-state index in [0.29, 0.717) is 17.5 Å². The molecule has 3 aromatic rings. The van der Waals surface area contributed by atoms with Crippen LogP contribution in [0.2, 0.25) is 0 Å². The highest BCUT2D eigenvalue weighted by atomic mass is 32.2. The molecule has 174 valence electrons. The molecule has 1 saturated heterocycles. The summed E-state index contributed by atoms with van der Waals surface area (Å²) in [5.74, 6) is -2.16. The number of rotatable bonds is 7. The van der Waals surface area contributed by atoms with Gasteiger partial charge in [-0.1, -0.05) is 30.3 Å². The summed E-state index contributed by atoms with van der Waals surface area (Å²) in [7, 11) is -3.35. The standard InChI is InChI=1S/C23H25N3O6S/c1-33(31,32)26-11-9-24(10-12-26)21(23(29)30)19-15-25(14-16-5-3-2-4-6-16)20-8-7-17(22(27)28)13-18(19)20/h2-8,13,15,21H,9-12,14H2,1H3,(H,27,28)(H,29,30). The molecule has 1 atom stereocenters. The Kier molecular flexibility index (Phi) is 6.24. The van der Waals surface area contributed by atoms with Crippen molar-refractivity contribution in [1.82, 2.24) is 13.8 Å². The maximum atomic E-state index is 12.4. The van der Waals surface area contributed by atoms with Crippen LogP contribution in [-0.4, -0.2) is 76.8 Å². The lowest BCUT2D eigenvalue weighted by molar-refractivity contribution is -0.144. The third-order valence-electron chi connectivity index (χ3n) is 5.99. The van der Waals surface area contributed by atoms with Crippen LogP contribution in [0.1, 0.15) is 27.5 Å². The third kappa shape index (κ3) is 4.77. The van der Waals surface area contributed by atoms with Gasteiger partial charge in [-0.15, -0.1) is 0 Å². The average molecular weight is 472 g/mol. The second kappa shape index (κ2) is 8.97. The van der Waals surface area contributed by atoms with Gasteiger partial charge in [0.2, 0.25) is 10.0 Å². The lowest BCUT2D eigenvalue weighted by Gasteiger charge is -2.36. The Hall–Kier alpha value is -3.21. The number of fused-ring (bicyclic) bond motifs is 1. The van der Waals surface area contributed by atoms with Crippen molar-refractivity contribution < 1.29 is 28.2 Å². The molecule has 0 saturated carbocycles. The smallest absolute Gasteiger partial charge is 0.335 e. The maximum Gasteiger partial charge on any atom is 0.335 e. The van der Waals surface area contributed by atoms with Crippen LogP contribution in [0.15, 0.2) is 54.7 Å². The van der Waals surface area contributed by atoms with Gasteiger partial charge in [0.1, 0.15) is 6.04 Å².